The second-order valence-electron chi connectivity index (χ2n) is 4.06. The van der Waals surface area contributed by atoms with Gasteiger partial charge in [-0.3, -0.25) is 15.2 Å². The van der Waals surface area contributed by atoms with Crippen LogP contribution < -0.4 is 0 Å². The summed E-state index contributed by atoms with van der Waals surface area (Å²) in [6.45, 7) is 0. The molecule has 94 valence electrons. The number of nitro groups is 1. The summed E-state index contributed by atoms with van der Waals surface area (Å²) in [6, 6.07) is 9.17. The van der Waals surface area contributed by atoms with Crippen LogP contribution in [-0.4, -0.2) is 15.1 Å². The van der Waals surface area contributed by atoms with Gasteiger partial charge in [-0.25, -0.2) is 4.39 Å². The Morgan fingerprint density at radius 2 is 2.05 bits per heavy atom. The molecule has 0 aliphatic carbocycles. The molecule has 0 bridgehead atoms. The normalized spacial score (nSPS) is 10.8. The molecule has 0 spiro atoms. The van der Waals surface area contributed by atoms with Gasteiger partial charge in [0.25, 0.3) is 5.69 Å². The minimum atomic E-state index is -0.520. The Balaban J connectivity index is 2.31. The molecule has 5 nitrogen and oxygen atoms in total. The van der Waals surface area contributed by atoms with Gasteiger partial charge < -0.3 is 0 Å². The maximum absolute atomic E-state index is 13.7. The molecule has 0 fully saturated rings. The maximum Gasteiger partial charge on any atom is 0.297 e. The molecule has 19 heavy (non-hydrogen) atoms. The first kappa shape index (κ1) is 11.3. The molecule has 0 amide bonds. The van der Waals surface area contributed by atoms with Gasteiger partial charge in [0.1, 0.15) is 5.82 Å². The molecule has 1 heterocycles. The number of non-ortho nitro benzene ring substituents is 1. The van der Waals surface area contributed by atoms with Gasteiger partial charge in [0.2, 0.25) is 0 Å². The molecule has 3 rings (SSSR count). The number of aromatic amines is 1. The number of benzene rings is 2. The van der Waals surface area contributed by atoms with Crippen molar-refractivity contribution in [3.05, 3.63) is 58.5 Å². The minimum absolute atomic E-state index is 0.142. The highest BCUT2D eigenvalue weighted by Gasteiger charge is 2.17. The fourth-order valence-electron chi connectivity index (χ4n) is 2.03. The van der Waals surface area contributed by atoms with E-state index in [9.17, 15) is 14.5 Å². The lowest BCUT2D eigenvalue weighted by molar-refractivity contribution is -0.383. The van der Waals surface area contributed by atoms with Crippen molar-refractivity contribution in [2.24, 2.45) is 0 Å². The van der Waals surface area contributed by atoms with E-state index in [1.807, 2.05) is 0 Å². The molecule has 0 aliphatic heterocycles. The summed E-state index contributed by atoms with van der Waals surface area (Å²) in [5, 5.41) is 18.0. The van der Waals surface area contributed by atoms with E-state index < -0.39 is 10.7 Å². The summed E-state index contributed by atoms with van der Waals surface area (Å²) in [6.07, 6.45) is 1.55. The van der Waals surface area contributed by atoms with Gasteiger partial charge in [0.15, 0.2) is 5.52 Å². The quantitative estimate of drug-likeness (QED) is 0.565. The van der Waals surface area contributed by atoms with Crippen LogP contribution in [0.15, 0.2) is 42.6 Å². The number of aromatic nitrogens is 2. The van der Waals surface area contributed by atoms with E-state index >= 15 is 0 Å². The first-order chi connectivity index (χ1) is 9.16. The molecular formula is C13H8FN3O2. The summed E-state index contributed by atoms with van der Waals surface area (Å²) in [4.78, 5) is 10.5. The van der Waals surface area contributed by atoms with Crippen molar-refractivity contribution in [3.63, 3.8) is 0 Å². The van der Waals surface area contributed by atoms with E-state index in [-0.39, 0.29) is 11.2 Å². The molecule has 3 aromatic rings. The molecular weight excluding hydrogens is 249 g/mol. The molecule has 1 N–H and O–H groups in total. The summed E-state index contributed by atoms with van der Waals surface area (Å²) in [5.41, 5.74) is 0.912. The number of H-pyrrole nitrogens is 1. The highest BCUT2D eigenvalue weighted by atomic mass is 19.1. The van der Waals surface area contributed by atoms with Gasteiger partial charge in [-0.05, 0) is 17.7 Å². The predicted octanol–water partition coefficient (Wildman–Crippen LogP) is 3.28. The van der Waals surface area contributed by atoms with Crippen molar-refractivity contribution in [3.8, 4) is 11.1 Å². The Morgan fingerprint density at radius 1 is 1.26 bits per heavy atom. The zero-order valence-corrected chi connectivity index (χ0v) is 9.63. The Labute approximate surface area is 106 Å². The molecule has 0 radical (unpaired) electrons. The third-order valence-corrected chi connectivity index (χ3v) is 2.90. The van der Waals surface area contributed by atoms with Crippen LogP contribution in [0.2, 0.25) is 0 Å². The number of hydrogen-bond acceptors (Lipinski definition) is 3. The van der Waals surface area contributed by atoms with Crippen LogP contribution in [0.1, 0.15) is 0 Å². The number of nitro benzene ring substituents is 1. The average Bonchev–Trinajstić information content (AvgIpc) is 2.86. The van der Waals surface area contributed by atoms with E-state index in [1.54, 1.807) is 30.5 Å². The number of hydrogen-bond donors (Lipinski definition) is 1. The van der Waals surface area contributed by atoms with Crippen LogP contribution in [-0.2, 0) is 0 Å². The lowest BCUT2D eigenvalue weighted by Crippen LogP contribution is -1.92. The van der Waals surface area contributed by atoms with E-state index in [0.717, 1.165) is 0 Å². The van der Waals surface area contributed by atoms with Crippen LogP contribution in [0, 0.1) is 15.9 Å². The average molecular weight is 257 g/mol. The van der Waals surface area contributed by atoms with E-state index in [2.05, 4.69) is 10.2 Å². The highest BCUT2D eigenvalue weighted by molar-refractivity contribution is 5.91. The van der Waals surface area contributed by atoms with Crippen LogP contribution in [0.3, 0.4) is 0 Å². The van der Waals surface area contributed by atoms with Crippen molar-refractivity contribution >= 4 is 16.6 Å². The standard InChI is InChI=1S/C13H8FN3O2/c14-11-4-2-1-3-10(11)8-5-9-7-15-16-13(9)12(6-8)17(18)19/h1-7H,(H,15,16). The Morgan fingerprint density at radius 3 is 2.79 bits per heavy atom. The van der Waals surface area contributed by atoms with Crippen molar-refractivity contribution in [2.75, 3.05) is 0 Å². The van der Waals surface area contributed by atoms with Crippen LogP contribution >= 0.6 is 0 Å². The van der Waals surface area contributed by atoms with Gasteiger partial charge in [-0.2, -0.15) is 5.10 Å². The first-order valence-electron chi connectivity index (χ1n) is 5.53. The minimum Gasteiger partial charge on any atom is -0.284 e. The number of nitrogens with zero attached hydrogens (tertiary/aromatic N) is 2. The zero-order chi connectivity index (χ0) is 13.4. The van der Waals surface area contributed by atoms with E-state index in [1.165, 1.54) is 12.1 Å². The summed E-state index contributed by atoms with van der Waals surface area (Å²) in [7, 11) is 0. The lowest BCUT2D eigenvalue weighted by Gasteiger charge is -2.03. The molecule has 0 saturated carbocycles. The van der Waals surface area contributed by atoms with Crippen molar-refractivity contribution in [1.82, 2.24) is 10.2 Å². The largest absolute Gasteiger partial charge is 0.297 e. The topological polar surface area (TPSA) is 71.8 Å². The van der Waals surface area contributed by atoms with Crippen molar-refractivity contribution in [1.29, 1.82) is 0 Å². The molecule has 0 aliphatic rings. The number of halogens is 1. The van der Waals surface area contributed by atoms with Gasteiger partial charge >= 0.3 is 0 Å². The highest BCUT2D eigenvalue weighted by Crippen LogP contribution is 2.32. The third-order valence-electron chi connectivity index (χ3n) is 2.90. The molecule has 1 aromatic heterocycles. The van der Waals surface area contributed by atoms with Crippen molar-refractivity contribution in [2.45, 2.75) is 0 Å². The van der Waals surface area contributed by atoms with E-state index in [4.69, 9.17) is 0 Å². The third kappa shape index (κ3) is 1.83. The second kappa shape index (κ2) is 4.16. The van der Waals surface area contributed by atoms with Crippen LogP contribution in [0.25, 0.3) is 22.0 Å². The summed E-state index contributed by atoms with van der Waals surface area (Å²) >= 11 is 0. The SMILES string of the molecule is O=[N+]([O-])c1cc(-c2ccccc2F)cc2c[nH]nc12. The second-order valence-corrected chi connectivity index (χ2v) is 4.06. The fourth-order valence-corrected chi connectivity index (χ4v) is 2.03. The van der Waals surface area contributed by atoms with Gasteiger partial charge in [-0.1, -0.05) is 18.2 Å². The predicted molar refractivity (Wildman–Crippen MR) is 68.1 cm³/mol. The molecule has 6 heteroatoms. The molecule has 0 atom stereocenters. The monoisotopic (exact) mass is 257 g/mol. The van der Waals surface area contributed by atoms with Crippen LogP contribution in [0.5, 0.6) is 0 Å². The van der Waals surface area contributed by atoms with Gasteiger partial charge in [0.05, 0.1) is 4.92 Å². The number of nitrogens with one attached hydrogen (secondary N) is 1. The Bertz CT molecular complexity index is 782. The van der Waals surface area contributed by atoms with Gasteiger partial charge in [0, 0.05) is 23.2 Å². The lowest BCUT2D eigenvalue weighted by atomic mass is 10.0. The van der Waals surface area contributed by atoms with Crippen molar-refractivity contribution < 1.29 is 9.31 Å². The maximum atomic E-state index is 13.7. The Kier molecular flexibility index (Phi) is 2.49. The fraction of sp³-hybridized carbons (Fsp3) is 0. The van der Waals surface area contributed by atoms with Gasteiger partial charge in [-0.15, -0.1) is 0 Å². The van der Waals surface area contributed by atoms with Crippen LogP contribution in [0.4, 0.5) is 10.1 Å². The summed E-state index contributed by atoms with van der Waals surface area (Å²) < 4.78 is 13.7. The number of rotatable bonds is 2. The first-order valence-corrected chi connectivity index (χ1v) is 5.53. The molecule has 2 aromatic carbocycles. The zero-order valence-electron chi connectivity index (χ0n) is 9.63. The number of fused-ring (bicyclic) bond motifs is 1. The smallest absolute Gasteiger partial charge is 0.284 e. The molecule has 0 saturated heterocycles. The van der Waals surface area contributed by atoms with E-state index in [0.29, 0.717) is 16.5 Å². The Hall–Kier alpha value is -2.76. The summed E-state index contributed by atoms with van der Waals surface area (Å²) in [5.74, 6) is -0.417. The molecule has 0 unspecified atom stereocenters.